The van der Waals surface area contributed by atoms with Gasteiger partial charge in [-0.2, -0.15) is 4.31 Å². The summed E-state index contributed by atoms with van der Waals surface area (Å²) in [6.45, 7) is 2.33. The zero-order chi connectivity index (χ0) is 15.9. The Hall–Kier alpha value is -0.990. The summed E-state index contributed by atoms with van der Waals surface area (Å²) in [5, 5.41) is 0. The molecule has 1 aliphatic heterocycles. The maximum atomic E-state index is 12.7. The molecule has 0 bridgehead atoms. The molecule has 1 aliphatic carbocycles. The summed E-state index contributed by atoms with van der Waals surface area (Å²) in [7, 11) is -3.48. The Morgan fingerprint density at radius 1 is 1.50 bits per heavy atom. The molecular weight excluding hydrogens is 322 g/mol. The average molecular weight is 343 g/mol. The third-order valence-electron chi connectivity index (χ3n) is 4.93. The number of hydrogen-bond donors (Lipinski definition) is 1. The second-order valence-electron chi connectivity index (χ2n) is 6.20. The maximum absolute atomic E-state index is 12.7. The number of fused-ring (bicyclic) bond motifs is 1. The van der Waals surface area contributed by atoms with Crippen LogP contribution < -0.4 is 5.73 Å². The Bertz CT molecular complexity index is 671. The van der Waals surface area contributed by atoms with Crippen molar-refractivity contribution in [1.82, 2.24) is 9.29 Å². The lowest BCUT2D eigenvalue weighted by atomic mass is 9.94. The number of rotatable bonds is 5. The highest BCUT2D eigenvalue weighted by molar-refractivity contribution is 7.89. The fraction of sp³-hybridized carbons (Fsp3) is 0.714. The Morgan fingerprint density at radius 3 is 2.91 bits per heavy atom. The minimum Gasteiger partial charge on any atom is -0.368 e. The third-order valence-corrected chi connectivity index (χ3v) is 7.73. The molecule has 2 fully saturated rings. The fourth-order valence-corrected chi connectivity index (χ4v) is 6.44. The first kappa shape index (κ1) is 15.9. The van der Waals surface area contributed by atoms with E-state index in [4.69, 9.17) is 5.73 Å². The first-order valence-electron chi connectivity index (χ1n) is 7.58. The van der Waals surface area contributed by atoms with Gasteiger partial charge in [0.1, 0.15) is 6.04 Å². The van der Waals surface area contributed by atoms with Crippen molar-refractivity contribution in [2.45, 2.75) is 38.6 Å². The number of sulfonamides is 1. The molecule has 0 aromatic carbocycles. The highest BCUT2D eigenvalue weighted by atomic mass is 32.2. The normalized spacial score (nSPS) is 28.9. The molecule has 2 aliphatic rings. The quantitative estimate of drug-likeness (QED) is 0.860. The van der Waals surface area contributed by atoms with Crippen LogP contribution in [0.5, 0.6) is 0 Å². The van der Waals surface area contributed by atoms with E-state index in [1.54, 1.807) is 5.51 Å². The fourth-order valence-electron chi connectivity index (χ4n) is 3.81. The van der Waals surface area contributed by atoms with E-state index < -0.39 is 22.0 Å². The standard InChI is InChI=1S/C14H21N3O3S2/c1-9-12(21-8-16-9)5-6-22(19,20)17-7-10-3-2-4-11(10)13(17)14(15)18/h8,10-11,13H,2-7H2,1H3,(H2,15,18)/t10-,11-,13-/m0/s1. The van der Waals surface area contributed by atoms with Crippen molar-refractivity contribution in [2.24, 2.45) is 17.6 Å². The van der Waals surface area contributed by atoms with E-state index in [1.165, 1.54) is 15.6 Å². The van der Waals surface area contributed by atoms with E-state index in [1.807, 2.05) is 6.92 Å². The first-order valence-corrected chi connectivity index (χ1v) is 10.1. The van der Waals surface area contributed by atoms with Gasteiger partial charge in [0.25, 0.3) is 0 Å². The van der Waals surface area contributed by atoms with Gasteiger partial charge in [0.2, 0.25) is 15.9 Å². The molecule has 1 aromatic rings. The second-order valence-corrected chi connectivity index (χ2v) is 9.18. The number of nitrogens with zero attached hydrogens (tertiary/aromatic N) is 2. The lowest BCUT2D eigenvalue weighted by Gasteiger charge is -2.24. The SMILES string of the molecule is Cc1ncsc1CCS(=O)(=O)N1C[C@@H]2CCC[C@@H]2[C@H]1C(N)=O. The Morgan fingerprint density at radius 2 is 2.27 bits per heavy atom. The summed E-state index contributed by atoms with van der Waals surface area (Å²) in [5.74, 6) is -0.0963. The van der Waals surface area contributed by atoms with Gasteiger partial charge >= 0.3 is 0 Å². The van der Waals surface area contributed by atoms with Crippen molar-refractivity contribution in [3.63, 3.8) is 0 Å². The smallest absolute Gasteiger partial charge is 0.236 e. The number of nitrogens with two attached hydrogens (primary N) is 1. The van der Waals surface area contributed by atoms with Crippen LogP contribution in [0.25, 0.3) is 0 Å². The highest BCUT2D eigenvalue weighted by Gasteiger charge is 2.50. The molecule has 1 amide bonds. The molecule has 0 radical (unpaired) electrons. The van der Waals surface area contributed by atoms with Crippen LogP contribution in [0.1, 0.15) is 29.8 Å². The van der Waals surface area contributed by atoms with Crippen molar-refractivity contribution in [2.75, 3.05) is 12.3 Å². The molecule has 6 nitrogen and oxygen atoms in total. The maximum Gasteiger partial charge on any atom is 0.236 e. The molecule has 2 N–H and O–H groups in total. The van der Waals surface area contributed by atoms with Crippen LogP contribution in [0.2, 0.25) is 0 Å². The molecule has 8 heteroatoms. The molecule has 0 unspecified atom stereocenters. The van der Waals surface area contributed by atoms with Gasteiger partial charge in [-0.15, -0.1) is 11.3 Å². The summed E-state index contributed by atoms with van der Waals surface area (Å²) in [4.78, 5) is 16.9. The summed E-state index contributed by atoms with van der Waals surface area (Å²) in [6, 6.07) is -0.653. The van der Waals surface area contributed by atoms with Crippen LogP contribution in [-0.4, -0.2) is 42.0 Å². The Labute approximate surface area is 134 Å². The first-order chi connectivity index (χ1) is 10.4. The molecule has 122 valence electrons. The van der Waals surface area contributed by atoms with Crippen LogP contribution in [0.4, 0.5) is 0 Å². The van der Waals surface area contributed by atoms with Crippen molar-refractivity contribution >= 4 is 27.3 Å². The number of hydrogen-bond acceptors (Lipinski definition) is 5. The van der Waals surface area contributed by atoms with E-state index in [0.717, 1.165) is 29.8 Å². The van der Waals surface area contributed by atoms with E-state index in [0.29, 0.717) is 13.0 Å². The van der Waals surface area contributed by atoms with Gasteiger partial charge in [-0.25, -0.2) is 13.4 Å². The number of amides is 1. The average Bonchev–Trinajstić information content (AvgIpc) is 3.10. The molecule has 2 heterocycles. The highest BCUT2D eigenvalue weighted by Crippen LogP contribution is 2.43. The molecule has 22 heavy (non-hydrogen) atoms. The largest absolute Gasteiger partial charge is 0.368 e. The van der Waals surface area contributed by atoms with Gasteiger partial charge in [-0.3, -0.25) is 4.79 Å². The van der Waals surface area contributed by atoms with Gasteiger partial charge in [-0.05, 0) is 38.0 Å². The zero-order valence-electron chi connectivity index (χ0n) is 12.6. The predicted molar refractivity (Wildman–Crippen MR) is 84.9 cm³/mol. The minimum absolute atomic E-state index is 0.0131. The minimum atomic E-state index is -3.48. The Balaban J connectivity index is 1.76. The lowest BCUT2D eigenvalue weighted by Crippen LogP contribution is -2.47. The summed E-state index contributed by atoms with van der Waals surface area (Å²) in [6.07, 6.45) is 3.40. The number of aryl methyl sites for hydroxylation is 2. The van der Waals surface area contributed by atoms with Crippen molar-refractivity contribution in [3.05, 3.63) is 16.1 Å². The molecule has 3 rings (SSSR count). The van der Waals surface area contributed by atoms with Gasteiger partial charge in [0, 0.05) is 11.4 Å². The number of aromatic nitrogens is 1. The molecule has 0 spiro atoms. The van der Waals surface area contributed by atoms with Gasteiger partial charge in [0.05, 0.1) is 17.0 Å². The number of carbonyl (C=O) groups excluding carboxylic acids is 1. The van der Waals surface area contributed by atoms with Gasteiger partial charge in [-0.1, -0.05) is 6.42 Å². The molecule has 1 aromatic heterocycles. The van der Waals surface area contributed by atoms with Crippen LogP contribution in [0.3, 0.4) is 0 Å². The summed E-state index contributed by atoms with van der Waals surface area (Å²) >= 11 is 1.47. The van der Waals surface area contributed by atoms with Gasteiger partial charge in [0.15, 0.2) is 0 Å². The van der Waals surface area contributed by atoms with E-state index in [-0.39, 0.29) is 17.6 Å². The Kier molecular flexibility index (Phi) is 4.26. The molecule has 1 saturated carbocycles. The van der Waals surface area contributed by atoms with Crippen LogP contribution in [-0.2, 0) is 21.2 Å². The summed E-state index contributed by atoms with van der Waals surface area (Å²) in [5.41, 5.74) is 8.11. The number of carbonyl (C=O) groups is 1. The van der Waals surface area contributed by atoms with E-state index in [9.17, 15) is 13.2 Å². The lowest BCUT2D eigenvalue weighted by molar-refractivity contribution is -0.122. The second kappa shape index (κ2) is 5.90. The molecule has 1 saturated heterocycles. The topological polar surface area (TPSA) is 93.4 Å². The van der Waals surface area contributed by atoms with Gasteiger partial charge < -0.3 is 5.73 Å². The van der Waals surface area contributed by atoms with Crippen LogP contribution in [0.15, 0.2) is 5.51 Å². The zero-order valence-corrected chi connectivity index (χ0v) is 14.2. The predicted octanol–water partition coefficient (Wildman–Crippen LogP) is 0.910. The van der Waals surface area contributed by atoms with Crippen molar-refractivity contribution in [1.29, 1.82) is 0 Å². The van der Waals surface area contributed by atoms with Crippen LogP contribution in [0, 0.1) is 18.8 Å². The van der Waals surface area contributed by atoms with Crippen molar-refractivity contribution in [3.8, 4) is 0 Å². The van der Waals surface area contributed by atoms with Crippen LogP contribution >= 0.6 is 11.3 Å². The van der Waals surface area contributed by atoms with E-state index in [2.05, 4.69) is 4.98 Å². The number of primary amides is 1. The van der Waals surface area contributed by atoms with E-state index >= 15 is 0 Å². The molecular formula is C14H21N3O3S2. The molecule has 3 atom stereocenters. The summed E-state index contributed by atoms with van der Waals surface area (Å²) < 4.78 is 26.8. The monoisotopic (exact) mass is 343 g/mol. The number of thiazole rings is 1. The van der Waals surface area contributed by atoms with Crippen molar-refractivity contribution < 1.29 is 13.2 Å². The third kappa shape index (κ3) is 2.79.